The van der Waals surface area contributed by atoms with Crippen LogP contribution in [0.15, 0.2) is 42.9 Å². The van der Waals surface area contributed by atoms with Crippen LogP contribution in [0.25, 0.3) is 11.4 Å². The third-order valence-electron chi connectivity index (χ3n) is 5.05. The molecule has 150 valence electrons. The van der Waals surface area contributed by atoms with Gasteiger partial charge in [-0.05, 0) is 37.8 Å². The molecule has 1 saturated carbocycles. The zero-order valence-corrected chi connectivity index (χ0v) is 15.9. The summed E-state index contributed by atoms with van der Waals surface area (Å²) in [6.45, 7) is 2.38. The number of hydrogen-bond acceptors (Lipinski definition) is 7. The number of rotatable bonds is 6. The first-order valence-corrected chi connectivity index (χ1v) is 9.45. The Labute approximate surface area is 167 Å². The molecule has 0 bridgehead atoms. The molecule has 0 radical (unpaired) electrons. The van der Waals surface area contributed by atoms with E-state index in [0.29, 0.717) is 24.6 Å². The maximum atomic E-state index is 11.0. The fourth-order valence-electron chi connectivity index (χ4n) is 3.74. The Bertz CT molecular complexity index is 1010. The number of aromatic nitrogens is 5. The Morgan fingerprint density at radius 1 is 1.28 bits per heavy atom. The maximum absolute atomic E-state index is 11.0. The zero-order chi connectivity index (χ0) is 20.4. The van der Waals surface area contributed by atoms with Crippen LogP contribution in [0.2, 0.25) is 0 Å². The number of aryl methyl sites for hydroxylation is 1. The van der Waals surface area contributed by atoms with Crippen molar-refractivity contribution in [3.05, 3.63) is 54.2 Å². The Kier molecular flexibility index (Phi) is 5.22. The molecule has 1 fully saturated rings. The molecule has 0 saturated heterocycles. The lowest BCUT2D eigenvalue weighted by atomic mass is 10.1. The number of nitrogens with one attached hydrogen (secondary N) is 1. The molecule has 1 unspecified atom stereocenters. The molecule has 9 nitrogen and oxygen atoms in total. The van der Waals surface area contributed by atoms with Crippen LogP contribution < -0.4 is 5.32 Å². The Balaban J connectivity index is 1.44. The predicted octanol–water partition coefficient (Wildman–Crippen LogP) is 1.99. The zero-order valence-electron chi connectivity index (χ0n) is 15.9. The topological polar surface area (TPSA) is 126 Å². The van der Waals surface area contributed by atoms with Crippen molar-refractivity contribution in [2.75, 3.05) is 5.32 Å². The maximum Gasteiger partial charge on any atom is 0.338 e. The average Bonchev–Trinajstić information content (AvgIpc) is 3.29. The minimum Gasteiger partial charge on any atom is -0.478 e. The summed E-state index contributed by atoms with van der Waals surface area (Å²) in [4.78, 5) is 24.2. The molecule has 3 atom stereocenters. The molecule has 9 heteroatoms. The van der Waals surface area contributed by atoms with Crippen molar-refractivity contribution >= 4 is 11.8 Å². The first kappa shape index (κ1) is 19.0. The number of carboxylic acids is 1. The molecule has 0 amide bonds. The van der Waals surface area contributed by atoms with Crippen LogP contribution in [0.3, 0.4) is 0 Å². The van der Waals surface area contributed by atoms with E-state index in [-0.39, 0.29) is 17.5 Å². The quantitative estimate of drug-likeness (QED) is 0.579. The SMILES string of the molecule is Cc1nc(N[C@@H]2CC(Cn3cc(C(=O)O)cn3)C[C@H]2O)cc(-c2ccccn2)n1. The fourth-order valence-corrected chi connectivity index (χ4v) is 3.74. The summed E-state index contributed by atoms with van der Waals surface area (Å²) in [6.07, 6.45) is 5.39. The van der Waals surface area contributed by atoms with E-state index in [1.54, 1.807) is 10.9 Å². The van der Waals surface area contributed by atoms with Gasteiger partial charge >= 0.3 is 5.97 Å². The normalized spacial score (nSPS) is 21.2. The van der Waals surface area contributed by atoms with E-state index in [1.807, 2.05) is 31.2 Å². The van der Waals surface area contributed by atoms with Gasteiger partial charge in [-0.15, -0.1) is 0 Å². The molecule has 3 N–H and O–H groups in total. The van der Waals surface area contributed by atoms with Crippen LogP contribution in [-0.4, -0.2) is 53.1 Å². The predicted molar refractivity (Wildman–Crippen MR) is 105 cm³/mol. The summed E-state index contributed by atoms with van der Waals surface area (Å²) in [5.41, 5.74) is 1.65. The monoisotopic (exact) mass is 394 g/mol. The number of hydrogen-bond donors (Lipinski definition) is 3. The molecular weight excluding hydrogens is 372 g/mol. The summed E-state index contributed by atoms with van der Waals surface area (Å²) < 4.78 is 1.62. The average molecular weight is 394 g/mol. The molecule has 0 aromatic carbocycles. The van der Waals surface area contributed by atoms with E-state index in [1.165, 1.54) is 12.4 Å². The van der Waals surface area contributed by atoms with Crippen LogP contribution in [0.5, 0.6) is 0 Å². The van der Waals surface area contributed by atoms with Gasteiger partial charge in [0.25, 0.3) is 0 Å². The highest BCUT2D eigenvalue weighted by Crippen LogP contribution is 2.30. The molecule has 1 aliphatic carbocycles. The summed E-state index contributed by atoms with van der Waals surface area (Å²) >= 11 is 0. The molecule has 4 rings (SSSR count). The Morgan fingerprint density at radius 3 is 2.86 bits per heavy atom. The summed E-state index contributed by atoms with van der Waals surface area (Å²) in [5, 5.41) is 26.9. The van der Waals surface area contributed by atoms with E-state index in [0.717, 1.165) is 17.8 Å². The number of carboxylic acid groups (broad SMARTS) is 1. The lowest BCUT2D eigenvalue weighted by molar-refractivity contribution is 0.0696. The van der Waals surface area contributed by atoms with Crippen molar-refractivity contribution < 1.29 is 15.0 Å². The standard InChI is InChI=1S/C20H22N6O3/c1-12-23-16(15-4-2-3-5-21-15)8-19(24-12)25-17-6-13(7-18(17)27)10-26-11-14(9-22-26)20(28)29/h2-5,8-9,11,13,17-18,27H,6-7,10H2,1H3,(H,28,29)(H,23,24,25)/t13?,17-,18-/m1/s1. The van der Waals surface area contributed by atoms with Gasteiger partial charge in [0.05, 0.1) is 35.3 Å². The summed E-state index contributed by atoms with van der Waals surface area (Å²) in [7, 11) is 0. The van der Waals surface area contributed by atoms with Crippen molar-refractivity contribution in [3.8, 4) is 11.4 Å². The molecule has 0 aliphatic heterocycles. The van der Waals surface area contributed by atoms with Crippen LogP contribution in [0.4, 0.5) is 5.82 Å². The number of aliphatic hydroxyl groups is 1. The van der Waals surface area contributed by atoms with Crippen molar-refractivity contribution in [2.24, 2.45) is 5.92 Å². The third-order valence-corrected chi connectivity index (χ3v) is 5.05. The smallest absolute Gasteiger partial charge is 0.338 e. The van der Waals surface area contributed by atoms with E-state index >= 15 is 0 Å². The first-order chi connectivity index (χ1) is 14.0. The summed E-state index contributed by atoms with van der Waals surface area (Å²) in [6, 6.07) is 7.33. The van der Waals surface area contributed by atoms with E-state index in [4.69, 9.17) is 5.11 Å². The minimum absolute atomic E-state index is 0.152. The second-order valence-corrected chi connectivity index (χ2v) is 7.31. The van der Waals surface area contributed by atoms with Gasteiger partial charge in [-0.3, -0.25) is 9.67 Å². The van der Waals surface area contributed by atoms with Gasteiger partial charge in [0.2, 0.25) is 0 Å². The van der Waals surface area contributed by atoms with Gasteiger partial charge in [-0.1, -0.05) is 6.07 Å². The van der Waals surface area contributed by atoms with Gasteiger partial charge in [0.15, 0.2) is 0 Å². The molecule has 3 heterocycles. The number of anilines is 1. The number of pyridine rings is 1. The molecule has 1 aliphatic rings. The molecule has 0 spiro atoms. The second kappa shape index (κ2) is 7.96. The van der Waals surface area contributed by atoms with Crippen molar-refractivity contribution in [2.45, 2.75) is 38.5 Å². The highest BCUT2D eigenvalue weighted by Gasteiger charge is 2.33. The molecule has 3 aromatic rings. The van der Waals surface area contributed by atoms with Gasteiger partial charge in [0.1, 0.15) is 11.6 Å². The van der Waals surface area contributed by atoms with Gasteiger partial charge in [-0.2, -0.15) is 5.10 Å². The van der Waals surface area contributed by atoms with E-state index < -0.39 is 12.1 Å². The highest BCUT2D eigenvalue weighted by atomic mass is 16.4. The molecule has 3 aromatic heterocycles. The van der Waals surface area contributed by atoms with Gasteiger partial charge in [0, 0.05) is 25.0 Å². The van der Waals surface area contributed by atoms with Gasteiger partial charge < -0.3 is 15.5 Å². The van der Waals surface area contributed by atoms with Crippen molar-refractivity contribution in [3.63, 3.8) is 0 Å². The number of aliphatic hydroxyl groups excluding tert-OH is 1. The van der Waals surface area contributed by atoms with Crippen LogP contribution >= 0.6 is 0 Å². The summed E-state index contributed by atoms with van der Waals surface area (Å²) in [5.74, 6) is 0.458. The van der Waals surface area contributed by atoms with Crippen LogP contribution in [0.1, 0.15) is 29.0 Å². The highest BCUT2D eigenvalue weighted by molar-refractivity contribution is 5.86. The first-order valence-electron chi connectivity index (χ1n) is 9.45. The van der Waals surface area contributed by atoms with Gasteiger partial charge in [-0.25, -0.2) is 14.8 Å². The number of nitrogens with zero attached hydrogens (tertiary/aromatic N) is 5. The number of carbonyl (C=O) groups is 1. The fraction of sp³-hybridized carbons (Fsp3) is 0.350. The third kappa shape index (κ3) is 4.40. The van der Waals surface area contributed by atoms with E-state index in [2.05, 4.69) is 25.4 Å². The largest absolute Gasteiger partial charge is 0.478 e. The minimum atomic E-state index is -0.995. The Morgan fingerprint density at radius 2 is 2.14 bits per heavy atom. The lowest BCUT2D eigenvalue weighted by Crippen LogP contribution is -2.28. The second-order valence-electron chi connectivity index (χ2n) is 7.31. The molecular formula is C20H22N6O3. The van der Waals surface area contributed by atoms with Crippen LogP contribution in [-0.2, 0) is 6.54 Å². The Hall–Kier alpha value is -3.33. The van der Waals surface area contributed by atoms with E-state index in [9.17, 15) is 9.90 Å². The van der Waals surface area contributed by atoms with Crippen molar-refractivity contribution in [1.29, 1.82) is 0 Å². The lowest BCUT2D eigenvalue weighted by Gasteiger charge is -2.18. The number of aromatic carboxylic acids is 1. The molecule has 29 heavy (non-hydrogen) atoms. The van der Waals surface area contributed by atoms with Crippen molar-refractivity contribution in [1.82, 2.24) is 24.7 Å². The van der Waals surface area contributed by atoms with Crippen LogP contribution in [0, 0.1) is 12.8 Å².